The smallest absolute Gasteiger partial charge is 0.407 e. The number of amides is 1. The standard InChI is InChI=1S/C14H21NO3/c1-14(2,3)18-13(17)15-12(10-16)9-11-7-5-4-6-8-11/h4-8,12,16H,9-10H2,1-3H3,(H,15,17)/t12-/m1/s1. The maximum atomic E-state index is 11.6. The fourth-order valence-corrected chi connectivity index (χ4v) is 1.53. The van der Waals surface area contributed by atoms with Crippen LogP contribution in [0.1, 0.15) is 26.3 Å². The Balaban J connectivity index is 2.50. The van der Waals surface area contributed by atoms with Crippen molar-refractivity contribution in [1.82, 2.24) is 5.32 Å². The second kappa shape index (κ2) is 6.40. The molecule has 18 heavy (non-hydrogen) atoms. The van der Waals surface area contributed by atoms with Crippen LogP contribution in [0.5, 0.6) is 0 Å². The summed E-state index contributed by atoms with van der Waals surface area (Å²) in [5.41, 5.74) is 0.532. The molecule has 0 aromatic heterocycles. The Morgan fingerprint density at radius 3 is 2.44 bits per heavy atom. The Bertz CT molecular complexity index is 370. The lowest BCUT2D eigenvalue weighted by Gasteiger charge is -2.22. The molecule has 1 aromatic carbocycles. The largest absolute Gasteiger partial charge is 0.444 e. The summed E-state index contributed by atoms with van der Waals surface area (Å²) >= 11 is 0. The van der Waals surface area contributed by atoms with E-state index in [9.17, 15) is 9.90 Å². The number of carbonyl (C=O) groups excluding carboxylic acids is 1. The molecule has 1 aromatic rings. The van der Waals surface area contributed by atoms with Gasteiger partial charge in [-0.3, -0.25) is 0 Å². The minimum Gasteiger partial charge on any atom is -0.444 e. The van der Waals surface area contributed by atoms with Gasteiger partial charge in [0.25, 0.3) is 0 Å². The highest BCUT2D eigenvalue weighted by Crippen LogP contribution is 2.08. The van der Waals surface area contributed by atoms with Crippen LogP contribution in [-0.2, 0) is 11.2 Å². The first kappa shape index (κ1) is 14.5. The van der Waals surface area contributed by atoms with Gasteiger partial charge in [0.1, 0.15) is 5.60 Å². The van der Waals surface area contributed by atoms with Gasteiger partial charge in [-0.05, 0) is 32.8 Å². The first-order chi connectivity index (χ1) is 8.40. The zero-order valence-corrected chi connectivity index (χ0v) is 11.1. The molecule has 0 saturated heterocycles. The Morgan fingerprint density at radius 1 is 1.33 bits per heavy atom. The highest BCUT2D eigenvalue weighted by atomic mass is 16.6. The van der Waals surface area contributed by atoms with E-state index in [1.165, 1.54) is 0 Å². The van der Waals surface area contributed by atoms with E-state index >= 15 is 0 Å². The molecule has 0 aliphatic carbocycles. The normalized spacial score (nSPS) is 12.9. The van der Waals surface area contributed by atoms with Crippen LogP contribution in [0, 0.1) is 0 Å². The molecule has 0 aliphatic heterocycles. The third kappa shape index (κ3) is 5.68. The molecule has 2 N–H and O–H groups in total. The van der Waals surface area contributed by atoms with Crippen molar-refractivity contribution < 1.29 is 14.6 Å². The number of aliphatic hydroxyl groups is 1. The van der Waals surface area contributed by atoms with Gasteiger partial charge in [-0.25, -0.2) is 4.79 Å². The number of aliphatic hydroxyl groups excluding tert-OH is 1. The third-order valence-electron chi connectivity index (χ3n) is 2.27. The van der Waals surface area contributed by atoms with Gasteiger partial charge >= 0.3 is 6.09 Å². The van der Waals surface area contributed by atoms with Crippen LogP contribution >= 0.6 is 0 Å². The molecule has 0 saturated carbocycles. The van der Waals surface area contributed by atoms with Crippen LogP contribution in [0.25, 0.3) is 0 Å². The molecular formula is C14H21NO3. The Labute approximate surface area is 108 Å². The van der Waals surface area contributed by atoms with Crippen molar-refractivity contribution in [3.05, 3.63) is 35.9 Å². The fraction of sp³-hybridized carbons (Fsp3) is 0.500. The number of nitrogens with one attached hydrogen (secondary N) is 1. The van der Waals surface area contributed by atoms with Crippen LogP contribution in [-0.4, -0.2) is 29.4 Å². The van der Waals surface area contributed by atoms with Crippen molar-refractivity contribution >= 4 is 6.09 Å². The van der Waals surface area contributed by atoms with Gasteiger partial charge in [0.2, 0.25) is 0 Å². The molecule has 0 radical (unpaired) electrons. The molecule has 0 spiro atoms. The van der Waals surface area contributed by atoms with E-state index in [4.69, 9.17) is 4.74 Å². The second-order valence-corrected chi connectivity index (χ2v) is 5.22. The summed E-state index contributed by atoms with van der Waals surface area (Å²) in [6.45, 7) is 5.29. The number of rotatable bonds is 4. The van der Waals surface area contributed by atoms with E-state index in [1.54, 1.807) is 20.8 Å². The average Bonchev–Trinajstić information content (AvgIpc) is 2.27. The number of benzene rings is 1. The van der Waals surface area contributed by atoms with Crippen molar-refractivity contribution in [2.75, 3.05) is 6.61 Å². The third-order valence-corrected chi connectivity index (χ3v) is 2.27. The minimum absolute atomic E-state index is 0.117. The van der Waals surface area contributed by atoms with Gasteiger partial charge in [0.05, 0.1) is 12.6 Å². The van der Waals surface area contributed by atoms with Crippen LogP contribution in [0.3, 0.4) is 0 Å². The SMILES string of the molecule is CC(C)(C)OC(=O)N[C@@H](CO)Cc1ccccc1. The molecule has 0 fully saturated rings. The van der Waals surface area contributed by atoms with Crippen LogP contribution in [0.15, 0.2) is 30.3 Å². The fourth-order valence-electron chi connectivity index (χ4n) is 1.53. The van der Waals surface area contributed by atoms with E-state index in [0.717, 1.165) is 5.56 Å². The predicted molar refractivity (Wildman–Crippen MR) is 70.4 cm³/mol. The molecule has 0 heterocycles. The molecule has 0 bridgehead atoms. The number of ether oxygens (including phenoxy) is 1. The molecular weight excluding hydrogens is 230 g/mol. The lowest BCUT2D eigenvalue weighted by atomic mass is 10.1. The number of hydrogen-bond acceptors (Lipinski definition) is 3. The lowest BCUT2D eigenvalue weighted by Crippen LogP contribution is -2.42. The maximum absolute atomic E-state index is 11.6. The summed E-state index contributed by atoms with van der Waals surface area (Å²) in [6, 6.07) is 9.37. The highest BCUT2D eigenvalue weighted by molar-refractivity contribution is 5.68. The molecule has 1 atom stereocenters. The minimum atomic E-state index is -0.531. The van der Waals surface area contributed by atoms with Gasteiger partial charge in [0, 0.05) is 0 Å². The van der Waals surface area contributed by atoms with E-state index in [2.05, 4.69) is 5.32 Å². The molecule has 0 aliphatic rings. The van der Waals surface area contributed by atoms with E-state index in [-0.39, 0.29) is 12.6 Å². The van der Waals surface area contributed by atoms with Gasteiger partial charge in [-0.15, -0.1) is 0 Å². The molecule has 4 heteroatoms. The van der Waals surface area contributed by atoms with Crippen LogP contribution in [0.4, 0.5) is 4.79 Å². The Kier molecular flexibility index (Phi) is 5.16. The van der Waals surface area contributed by atoms with Gasteiger partial charge in [-0.1, -0.05) is 30.3 Å². The lowest BCUT2D eigenvalue weighted by molar-refractivity contribution is 0.0483. The number of carbonyl (C=O) groups is 1. The first-order valence-corrected chi connectivity index (χ1v) is 6.05. The van der Waals surface area contributed by atoms with Crippen molar-refractivity contribution in [2.24, 2.45) is 0 Å². The maximum Gasteiger partial charge on any atom is 0.407 e. The van der Waals surface area contributed by atoms with Crippen molar-refractivity contribution in [1.29, 1.82) is 0 Å². The number of hydrogen-bond donors (Lipinski definition) is 2. The topological polar surface area (TPSA) is 58.6 Å². The average molecular weight is 251 g/mol. The molecule has 1 rings (SSSR count). The molecule has 0 unspecified atom stereocenters. The van der Waals surface area contributed by atoms with E-state index in [0.29, 0.717) is 6.42 Å². The number of alkyl carbamates (subject to hydrolysis) is 1. The summed E-state index contributed by atoms with van der Waals surface area (Å²) in [5.74, 6) is 0. The Hall–Kier alpha value is -1.55. The first-order valence-electron chi connectivity index (χ1n) is 6.05. The van der Waals surface area contributed by atoms with E-state index in [1.807, 2.05) is 30.3 Å². The van der Waals surface area contributed by atoms with Crippen molar-refractivity contribution in [2.45, 2.75) is 38.8 Å². The van der Waals surface area contributed by atoms with Crippen molar-refractivity contribution in [3.63, 3.8) is 0 Å². The molecule has 4 nitrogen and oxygen atoms in total. The zero-order valence-electron chi connectivity index (χ0n) is 11.1. The summed E-state index contributed by atoms with van der Waals surface area (Å²) in [5, 5.41) is 11.9. The predicted octanol–water partition coefficient (Wildman–Crippen LogP) is 2.11. The quantitative estimate of drug-likeness (QED) is 0.861. The van der Waals surface area contributed by atoms with E-state index < -0.39 is 11.7 Å². The van der Waals surface area contributed by atoms with Gasteiger partial charge in [0.15, 0.2) is 0 Å². The van der Waals surface area contributed by atoms with Crippen LogP contribution < -0.4 is 5.32 Å². The molecule has 100 valence electrons. The van der Waals surface area contributed by atoms with Gasteiger partial charge in [-0.2, -0.15) is 0 Å². The summed E-state index contributed by atoms with van der Waals surface area (Å²) in [7, 11) is 0. The van der Waals surface area contributed by atoms with Gasteiger partial charge < -0.3 is 15.2 Å². The molecule has 1 amide bonds. The highest BCUT2D eigenvalue weighted by Gasteiger charge is 2.19. The van der Waals surface area contributed by atoms with Crippen molar-refractivity contribution in [3.8, 4) is 0 Å². The summed E-state index contributed by atoms with van der Waals surface area (Å²) in [6.07, 6.45) is 0.0776. The second-order valence-electron chi connectivity index (χ2n) is 5.22. The summed E-state index contributed by atoms with van der Waals surface area (Å²) < 4.78 is 5.15. The summed E-state index contributed by atoms with van der Waals surface area (Å²) in [4.78, 5) is 11.6. The monoisotopic (exact) mass is 251 g/mol. The Morgan fingerprint density at radius 2 is 1.94 bits per heavy atom. The van der Waals surface area contributed by atoms with Crippen LogP contribution in [0.2, 0.25) is 0 Å². The zero-order chi connectivity index (χ0) is 13.6.